The highest BCUT2D eigenvalue weighted by Crippen LogP contribution is 2.23. The normalized spacial score (nSPS) is 9.86. The smallest absolute Gasteiger partial charge is 0.222 e. The summed E-state index contributed by atoms with van der Waals surface area (Å²) in [6, 6.07) is 3.44. The molecule has 0 bridgehead atoms. The number of rotatable bonds is 3. The van der Waals surface area contributed by atoms with E-state index in [0.29, 0.717) is 11.5 Å². The molecular weight excluding hydrogens is 198 g/mol. The maximum Gasteiger partial charge on any atom is 0.222 e. The molecule has 1 amide bonds. The summed E-state index contributed by atoms with van der Waals surface area (Å²) in [6.07, 6.45) is 0. The molecule has 4 nitrogen and oxygen atoms in total. The molecule has 0 aliphatic rings. The molecule has 0 aliphatic carbocycles. The highest BCUT2D eigenvalue weighted by Gasteiger charge is 2.03. The predicted molar refractivity (Wildman–Crippen MR) is 59.4 cm³/mol. The molecule has 0 saturated heterocycles. The molecular formula is C9H13N3OS. The van der Waals surface area contributed by atoms with E-state index in [4.69, 9.17) is 5.73 Å². The van der Waals surface area contributed by atoms with Crippen LogP contribution in [0.25, 0.3) is 0 Å². The first kappa shape index (κ1) is 10.8. The Labute approximate surface area is 87.3 Å². The van der Waals surface area contributed by atoms with Gasteiger partial charge in [-0.05, 0) is 17.9 Å². The number of hydrogen-bond donors (Lipinski definition) is 2. The first-order valence-electron chi connectivity index (χ1n) is 4.30. The fourth-order valence-electron chi connectivity index (χ4n) is 0.954. The Morgan fingerprint density at radius 1 is 1.64 bits per heavy atom. The Morgan fingerprint density at radius 3 is 2.93 bits per heavy atom. The van der Waals surface area contributed by atoms with Gasteiger partial charge in [-0.15, -0.1) is 11.8 Å². The summed E-state index contributed by atoms with van der Waals surface area (Å²) in [5, 5.41) is 3.37. The zero-order valence-electron chi connectivity index (χ0n) is 8.20. The molecule has 1 heterocycles. The fourth-order valence-corrected chi connectivity index (χ4v) is 1.62. The van der Waals surface area contributed by atoms with Crippen molar-refractivity contribution in [2.45, 2.75) is 18.9 Å². The monoisotopic (exact) mass is 211 g/mol. The van der Waals surface area contributed by atoms with Crippen LogP contribution < -0.4 is 11.1 Å². The predicted octanol–water partition coefficient (Wildman–Crippen LogP) is 1.73. The summed E-state index contributed by atoms with van der Waals surface area (Å²) >= 11 is 1.56. The van der Waals surface area contributed by atoms with E-state index >= 15 is 0 Å². The van der Waals surface area contributed by atoms with E-state index in [1.807, 2.05) is 6.92 Å². The van der Waals surface area contributed by atoms with Gasteiger partial charge in [0, 0.05) is 6.92 Å². The molecule has 14 heavy (non-hydrogen) atoms. The van der Waals surface area contributed by atoms with Gasteiger partial charge in [-0.25, -0.2) is 4.98 Å². The van der Waals surface area contributed by atoms with Crippen molar-refractivity contribution in [3.05, 3.63) is 12.1 Å². The van der Waals surface area contributed by atoms with Crippen LogP contribution in [0.3, 0.4) is 0 Å². The zero-order valence-corrected chi connectivity index (χ0v) is 9.02. The maximum absolute atomic E-state index is 10.8. The van der Waals surface area contributed by atoms with E-state index in [1.165, 1.54) is 6.92 Å². The van der Waals surface area contributed by atoms with Crippen LogP contribution in [0.1, 0.15) is 13.8 Å². The van der Waals surface area contributed by atoms with Crippen LogP contribution in [-0.4, -0.2) is 16.6 Å². The average molecular weight is 211 g/mol. The topological polar surface area (TPSA) is 68.0 Å². The Kier molecular flexibility index (Phi) is 3.76. The Balaban J connectivity index is 2.88. The van der Waals surface area contributed by atoms with Crippen molar-refractivity contribution >= 4 is 29.2 Å². The number of nitrogens with zero attached hydrogens (tertiary/aromatic N) is 1. The number of thioether (sulfide) groups is 1. The first-order chi connectivity index (χ1) is 6.63. The summed E-state index contributed by atoms with van der Waals surface area (Å²) in [4.78, 5) is 15.0. The van der Waals surface area contributed by atoms with Gasteiger partial charge < -0.3 is 11.1 Å². The average Bonchev–Trinajstić information content (AvgIpc) is 2.10. The third-order valence-electron chi connectivity index (χ3n) is 1.47. The molecule has 0 spiro atoms. The van der Waals surface area contributed by atoms with E-state index < -0.39 is 0 Å². The van der Waals surface area contributed by atoms with Crippen LogP contribution in [0.4, 0.5) is 11.5 Å². The van der Waals surface area contributed by atoms with Crippen LogP contribution in [-0.2, 0) is 4.79 Å². The van der Waals surface area contributed by atoms with Gasteiger partial charge in [-0.2, -0.15) is 0 Å². The van der Waals surface area contributed by atoms with E-state index in [2.05, 4.69) is 10.3 Å². The molecule has 0 aromatic carbocycles. The van der Waals surface area contributed by atoms with Gasteiger partial charge in [-0.3, -0.25) is 4.79 Å². The van der Waals surface area contributed by atoms with Gasteiger partial charge in [0.05, 0.1) is 5.69 Å². The van der Waals surface area contributed by atoms with Crippen LogP contribution in [0.2, 0.25) is 0 Å². The number of aromatic nitrogens is 1. The lowest BCUT2D eigenvalue weighted by atomic mass is 10.4. The van der Waals surface area contributed by atoms with Gasteiger partial charge in [0.15, 0.2) is 0 Å². The van der Waals surface area contributed by atoms with Crippen molar-refractivity contribution in [2.24, 2.45) is 0 Å². The summed E-state index contributed by atoms with van der Waals surface area (Å²) in [5.41, 5.74) is 6.35. The second kappa shape index (κ2) is 4.85. The van der Waals surface area contributed by atoms with Crippen LogP contribution in [0, 0.1) is 0 Å². The van der Waals surface area contributed by atoms with Gasteiger partial charge in [-0.1, -0.05) is 6.92 Å². The highest BCUT2D eigenvalue weighted by molar-refractivity contribution is 7.99. The molecule has 3 N–H and O–H groups in total. The number of carbonyl (C=O) groups excluding carboxylic acids is 1. The summed E-state index contributed by atoms with van der Waals surface area (Å²) in [6.45, 7) is 3.47. The lowest BCUT2D eigenvalue weighted by Crippen LogP contribution is -2.08. The third-order valence-corrected chi connectivity index (χ3v) is 2.36. The Bertz CT molecular complexity index is 341. The van der Waals surface area contributed by atoms with E-state index in [0.717, 1.165) is 10.8 Å². The SMILES string of the molecule is CCSc1nc(NC(C)=O)ccc1N. The number of amides is 1. The van der Waals surface area contributed by atoms with E-state index in [1.54, 1.807) is 23.9 Å². The molecule has 1 aromatic heterocycles. The Hall–Kier alpha value is -1.23. The molecule has 1 aromatic rings. The second-order valence-electron chi connectivity index (χ2n) is 2.71. The lowest BCUT2D eigenvalue weighted by molar-refractivity contribution is -0.114. The van der Waals surface area contributed by atoms with Gasteiger partial charge >= 0.3 is 0 Å². The molecule has 0 unspecified atom stereocenters. The lowest BCUT2D eigenvalue weighted by Gasteiger charge is -2.06. The number of nitrogen functional groups attached to an aromatic ring is 1. The molecule has 1 rings (SSSR count). The van der Waals surface area contributed by atoms with Gasteiger partial charge in [0.1, 0.15) is 10.8 Å². The number of hydrogen-bond acceptors (Lipinski definition) is 4. The van der Waals surface area contributed by atoms with Gasteiger partial charge in [0.25, 0.3) is 0 Å². The number of anilines is 2. The minimum Gasteiger partial charge on any atom is -0.397 e. The molecule has 5 heteroatoms. The van der Waals surface area contributed by atoms with E-state index in [-0.39, 0.29) is 5.91 Å². The van der Waals surface area contributed by atoms with Crippen molar-refractivity contribution in [3.8, 4) is 0 Å². The van der Waals surface area contributed by atoms with Crippen molar-refractivity contribution in [2.75, 3.05) is 16.8 Å². The summed E-state index contributed by atoms with van der Waals surface area (Å²) < 4.78 is 0. The first-order valence-corrected chi connectivity index (χ1v) is 5.29. The molecule has 0 radical (unpaired) electrons. The number of pyridine rings is 1. The fraction of sp³-hybridized carbons (Fsp3) is 0.333. The zero-order chi connectivity index (χ0) is 10.6. The van der Waals surface area contributed by atoms with E-state index in [9.17, 15) is 4.79 Å². The molecule has 0 aliphatic heterocycles. The summed E-state index contributed by atoms with van der Waals surface area (Å²) in [5.74, 6) is 1.32. The summed E-state index contributed by atoms with van der Waals surface area (Å²) in [7, 11) is 0. The second-order valence-corrected chi connectivity index (χ2v) is 3.96. The highest BCUT2D eigenvalue weighted by atomic mass is 32.2. The third kappa shape index (κ3) is 2.92. The maximum atomic E-state index is 10.8. The van der Waals surface area contributed by atoms with Crippen LogP contribution >= 0.6 is 11.8 Å². The van der Waals surface area contributed by atoms with Crippen molar-refractivity contribution in [1.29, 1.82) is 0 Å². The standard InChI is InChI=1S/C9H13N3OS/c1-3-14-9-7(10)4-5-8(12-9)11-6(2)13/h4-5H,3,10H2,1-2H3,(H,11,12,13). The molecule has 0 fully saturated rings. The van der Waals surface area contributed by atoms with Gasteiger partial charge in [0.2, 0.25) is 5.91 Å². The minimum atomic E-state index is -0.130. The van der Waals surface area contributed by atoms with Crippen molar-refractivity contribution in [3.63, 3.8) is 0 Å². The minimum absolute atomic E-state index is 0.130. The van der Waals surface area contributed by atoms with Crippen LogP contribution in [0.15, 0.2) is 17.2 Å². The van der Waals surface area contributed by atoms with Crippen LogP contribution in [0.5, 0.6) is 0 Å². The molecule has 76 valence electrons. The Morgan fingerprint density at radius 2 is 2.36 bits per heavy atom. The molecule has 0 atom stereocenters. The largest absolute Gasteiger partial charge is 0.397 e. The number of nitrogens with two attached hydrogens (primary N) is 1. The quantitative estimate of drug-likeness (QED) is 0.747. The van der Waals surface area contributed by atoms with Crippen molar-refractivity contribution in [1.82, 2.24) is 4.98 Å². The number of nitrogens with one attached hydrogen (secondary N) is 1. The van der Waals surface area contributed by atoms with Crippen molar-refractivity contribution < 1.29 is 4.79 Å². The molecule has 0 saturated carbocycles. The number of carbonyl (C=O) groups is 1.